The van der Waals surface area contributed by atoms with Gasteiger partial charge in [-0.25, -0.2) is 4.79 Å². The Morgan fingerprint density at radius 3 is 2.38 bits per heavy atom. The molecule has 29 heavy (non-hydrogen) atoms. The topological polar surface area (TPSA) is 93.6 Å². The zero-order chi connectivity index (χ0) is 21.4. The van der Waals surface area contributed by atoms with Gasteiger partial charge in [-0.2, -0.15) is 18.4 Å². The highest BCUT2D eigenvalue weighted by Crippen LogP contribution is 2.27. The summed E-state index contributed by atoms with van der Waals surface area (Å²) in [5, 5.41) is 16.4. The van der Waals surface area contributed by atoms with E-state index >= 15 is 0 Å². The van der Waals surface area contributed by atoms with Crippen LogP contribution in [-0.2, 0) is 4.79 Å². The highest BCUT2D eigenvalue weighted by molar-refractivity contribution is 5.73. The summed E-state index contributed by atoms with van der Waals surface area (Å²) in [4.78, 5) is 13.9. The van der Waals surface area contributed by atoms with Gasteiger partial charge in [-0.1, -0.05) is 12.1 Å². The standard InChI is InChI=1S/C18H26N4.C2HF3O2/c19-12-15-4-3-9-22(14-15)17-7-10-21(11-8-17)18-6-2-1-5-16(18)13-20;3-2(4,5)1(6)7/h1-2,5-6,15,17H,3-4,7-12,14,19H2;(H,6,7). The number of carbonyl (C=O) groups is 1. The Kier molecular flexibility index (Phi) is 8.29. The Bertz CT molecular complexity index is 712. The number of alkyl halides is 3. The third-order valence-electron chi connectivity index (χ3n) is 5.47. The molecular weight excluding hydrogens is 385 g/mol. The van der Waals surface area contributed by atoms with Crippen LogP contribution in [0.3, 0.4) is 0 Å². The van der Waals surface area contributed by atoms with Crippen LogP contribution in [0.5, 0.6) is 0 Å². The molecule has 0 saturated carbocycles. The van der Waals surface area contributed by atoms with Crippen molar-refractivity contribution >= 4 is 11.7 Å². The molecule has 3 N–H and O–H groups in total. The zero-order valence-corrected chi connectivity index (χ0v) is 16.2. The van der Waals surface area contributed by atoms with Gasteiger partial charge in [-0.05, 0) is 56.8 Å². The van der Waals surface area contributed by atoms with Crippen LogP contribution in [0.2, 0.25) is 0 Å². The first-order valence-corrected chi connectivity index (χ1v) is 9.74. The molecule has 0 amide bonds. The molecule has 1 unspecified atom stereocenters. The normalized spacial score (nSPS) is 21.1. The number of benzene rings is 1. The van der Waals surface area contributed by atoms with Crippen LogP contribution in [0.1, 0.15) is 31.2 Å². The van der Waals surface area contributed by atoms with Gasteiger partial charge in [0.1, 0.15) is 6.07 Å². The monoisotopic (exact) mass is 412 g/mol. The molecule has 6 nitrogen and oxygen atoms in total. The van der Waals surface area contributed by atoms with Gasteiger partial charge >= 0.3 is 12.1 Å². The van der Waals surface area contributed by atoms with E-state index in [0.29, 0.717) is 12.0 Å². The van der Waals surface area contributed by atoms with Crippen LogP contribution in [0.25, 0.3) is 0 Å². The Labute approximate surface area is 168 Å². The smallest absolute Gasteiger partial charge is 0.475 e. The number of likely N-dealkylation sites (tertiary alicyclic amines) is 1. The summed E-state index contributed by atoms with van der Waals surface area (Å²) in [6.45, 7) is 5.33. The predicted molar refractivity (Wildman–Crippen MR) is 103 cm³/mol. The Balaban J connectivity index is 0.000000370. The number of nitriles is 1. The highest BCUT2D eigenvalue weighted by atomic mass is 19.4. The Morgan fingerprint density at radius 1 is 1.21 bits per heavy atom. The van der Waals surface area contributed by atoms with Crippen molar-refractivity contribution in [2.75, 3.05) is 37.6 Å². The number of carboxylic acids is 1. The summed E-state index contributed by atoms with van der Waals surface area (Å²) in [5.74, 6) is -2.07. The minimum absolute atomic E-state index is 0.686. The van der Waals surface area contributed by atoms with Gasteiger partial charge < -0.3 is 15.7 Å². The molecular formula is C20H27F3N4O2. The van der Waals surface area contributed by atoms with Crippen molar-refractivity contribution in [1.82, 2.24) is 4.90 Å². The number of para-hydroxylation sites is 1. The third kappa shape index (κ3) is 6.61. The number of nitrogens with zero attached hydrogens (tertiary/aromatic N) is 3. The number of anilines is 1. The lowest BCUT2D eigenvalue weighted by atomic mass is 9.93. The molecule has 0 aromatic heterocycles. The van der Waals surface area contributed by atoms with Gasteiger partial charge in [0.15, 0.2) is 0 Å². The molecule has 3 rings (SSSR count). The van der Waals surface area contributed by atoms with Gasteiger partial charge in [0, 0.05) is 25.7 Å². The quantitative estimate of drug-likeness (QED) is 0.793. The molecule has 0 spiro atoms. The Hall–Kier alpha value is -2.31. The van der Waals surface area contributed by atoms with Gasteiger partial charge in [-0.3, -0.25) is 4.90 Å². The fraction of sp³-hybridized carbons (Fsp3) is 0.600. The number of hydrogen-bond donors (Lipinski definition) is 2. The summed E-state index contributed by atoms with van der Waals surface area (Å²) in [7, 11) is 0. The molecule has 0 radical (unpaired) electrons. The van der Waals surface area contributed by atoms with E-state index in [0.717, 1.165) is 30.9 Å². The van der Waals surface area contributed by atoms with Gasteiger partial charge in [-0.15, -0.1) is 0 Å². The van der Waals surface area contributed by atoms with E-state index in [4.69, 9.17) is 15.6 Å². The third-order valence-corrected chi connectivity index (χ3v) is 5.47. The van der Waals surface area contributed by atoms with E-state index in [1.807, 2.05) is 18.2 Å². The van der Waals surface area contributed by atoms with E-state index in [1.54, 1.807) is 0 Å². The van der Waals surface area contributed by atoms with Crippen LogP contribution in [-0.4, -0.2) is 60.9 Å². The van der Waals surface area contributed by atoms with Crippen molar-refractivity contribution in [1.29, 1.82) is 5.26 Å². The second kappa shape index (κ2) is 10.5. The van der Waals surface area contributed by atoms with Crippen molar-refractivity contribution < 1.29 is 23.1 Å². The molecule has 2 aliphatic rings. The number of halogens is 3. The maximum absolute atomic E-state index is 10.6. The Morgan fingerprint density at radius 2 is 1.83 bits per heavy atom. The predicted octanol–water partition coefficient (Wildman–Crippen LogP) is 2.83. The highest BCUT2D eigenvalue weighted by Gasteiger charge is 2.38. The van der Waals surface area contributed by atoms with Crippen LogP contribution in [0, 0.1) is 17.2 Å². The number of piperidine rings is 2. The number of nitrogens with two attached hydrogens (primary N) is 1. The molecule has 2 fully saturated rings. The van der Waals surface area contributed by atoms with E-state index in [9.17, 15) is 18.4 Å². The summed E-state index contributed by atoms with van der Waals surface area (Å²) >= 11 is 0. The van der Waals surface area contributed by atoms with Crippen molar-refractivity contribution in [3.8, 4) is 6.07 Å². The average Bonchev–Trinajstić information content (AvgIpc) is 2.73. The van der Waals surface area contributed by atoms with Gasteiger partial charge in [0.25, 0.3) is 0 Å². The molecule has 0 aliphatic carbocycles. The second-order valence-corrected chi connectivity index (χ2v) is 7.39. The molecule has 9 heteroatoms. The molecule has 0 bridgehead atoms. The first-order valence-electron chi connectivity index (χ1n) is 9.74. The van der Waals surface area contributed by atoms with Crippen LogP contribution in [0.4, 0.5) is 18.9 Å². The van der Waals surface area contributed by atoms with E-state index in [-0.39, 0.29) is 0 Å². The minimum Gasteiger partial charge on any atom is -0.475 e. The number of aliphatic carboxylic acids is 1. The fourth-order valence-corrected chi connectivity index (χ4v) is 3.94. The van der Waals surface area contributed by atoms with Crippen molar-refractivity contribution in [3.63, 3.8) is 0 Å². The molecule has 1 aromatic carbocycles. The summed E-state index contributed by atoms with van der Waals surface area (Å²) < 4.78 is 31.7. The van der Waals surface area contributed by atoms with Crippen molar-refractivity contribution in [2.24, 2.45) is 11.7 Å². The maximum Gasteiger partial charge on any atom is 0.490 e. The average molecular weight is 412 g/mol. The largest absolute Gasteiger partial charge is 0.490 e. The van der Waals surface area contributed by atoms with Crippen molar-refractivity contribution in [3.05, 3.63) is 29.8 Å². The van der Waals surface area contributed by atoms with E-state index in [1.165, 1.54) is 38.8 Å². The van der Waals surface area contributed by atoms with Gasteiger partial charge in [0.05, 0.1) is 11.3 Å². The first-order chi connectivity index (χ1) is 13.8. The fourth-order valence-electron chi connectivity index (χ4n) is 3.94. The lowest BCUT2D eigenvalue weighted by Crippen LogP contribution is -2.49. The second-order valence-electron chi connectivity index (χ2n) is 7.39. The molecule has 2 heterocycles. The molecule has 2 saturated heterocycles. The first kappa shape index (κ1) is 23.0. The maximum atomic E-state index is 10.6. The number of carboxylic acid groups (broad SMARTS) is 1. The lowest BCUT2D eigenvalue weighted by molar-refractivity contribution is -0.192. The summed E-state index contributed by atoms with van der Waals surface area (Å²) in [6.07, 6.45) is -0.116. The molecule has 1 atom stereocenters. The van der Waals surface area contributed by atoms with E-state index in [2.05, 4.69) is 21.9 Å². The number of hydrogen-bond acceptors (Lipinski definition) is 5. The number of rotatable bonds is 3. The van der Waals surface area contributed by atoms with Crippen LogP contribution < -0.4 is 10.6 Å². The lowest BCUT2D eigenvalue weighted by Gasteiger charge is -2.43. The SMILES string of the molecule is N#Cc1ccccc1N1CCC(N2CCCC(CN)C2)CC1.O=C(O)C(F)(F)F. The van der Waals surface area contributed by atoms with Gasteiger partial charge in [0.2, 0.25) is 0 Å². The van der Waals surface area contributed by atoms with Crippen LogP contribution >= 0.6 is 0 Å². The van der Waals surface area contributed by atoms with Crippen molar-refractivity contribution in [2.45, 2.75) is 37.9 Å². The molecule has 2 aliphatic heterocycles. The van der Waals surface area contributed by atoms with Crippen LogP contribution in [0.15, 0.2) is 24.3 Å². The van der Waals surface area contributed by atoms with E-state index < -0.39 is 12.1 Å². The minimum atomic E-state index is -5.08. The summed E-state index contributed by atoms with van der Waals surface area (Å²) in [6, 6.07) is 11.0. The molecule has 160 valence electrons. The zero-order valence-electron chi connectivity index (χ0n) is 16.2. The summed E-state index contributed by atoms with van der Waals surface area (Å²) in [5.41, 5.74) is 7.75. The molecule has 1 aromatic rings.